The van der Waals surface area contributed by atoms with E-state index in [-0.39, 0.29) is 5.69 Å². The van der Waals surface area contributed by atoms with Gasteiger partial charge in [-0.15, -0.1) is 0 Å². The quantitative estimate of drug-likeness (QED) is 0.803. The molecule has 0 aliphatic rings. The smallest absolute Gasteiger partial charge is 0.327 e. The highest BCUT2D eigenvalue weighted by Gasteiger charge is 2.11. The molecule has 0 radical (unpaired) electrons. The Kier molecular flexibility index (Phi) is 3.25. The predicted molar refractivity (Wildman–Crippen MR) is 81.9 cm³/mol. The van der Waals surface area contributed by atoms with Crippen molar-refractivity contribution >= 4 is 11.2 Å². The molecule has 2 aromatic heterocycles. The minimum atomic E-state index is -0.204. The molecule has 0 unspecified atom stereocenters. The van der Waals surface area contributed by atoms with Gasteiger partial charge in [0.05, 0.1) is 0 Å². The monoisotopic (exact) mass is 283 g/mol. The molecule has 21 heavy (non-hydrogen) atoms. The average molecular weight is 283 g/mol. The second-order valence-corrected chi connectivity index (χ2v) is 5.32. The summed E-state index contributed by atoms with van der Waals surface area (Å²) in [5, 5.41) is 0. The zero-order chi connectivity index (χ0) is 15.0. The molecule has 0 atom stereocenters. The van der Waals surface area contributed by atoms with E-state index in [1.54, 1.807) is 19.3 Å². The molecule has 5 heteroatoms. The van der Waals surface area contributed by atoms with Crippen LogP contribution in [0.15, 0.2) is 41.3 Å². The van der Waals surface area contributed by atoms with Crippen LogP contribution in [0.5, 0.6) is 11.5 Å². The number of hydrogen-bond acceptors (Lipinski definition) is 3. The van der Waals surface area contributed by atoms with Crippen molar-refractivity contribution in [3.63, 3.8) is 0 Å². The Morgan fingerprint density at radius 2 is 2.10 bits per heavy atom. The molecule has 3 aromatic rings. The van der Waals surface area contributed by atoms with Gasteiger partial charge < -0.3 is 4.74 Å². The van der Waals surface area contributed by atoms with Crippen LogP contribution in [-0.2, 0) is 7.05 Å². The van der Waals surface area contributed by atoms with Crippen LogP contribution in [0.4, 0.5) is 0 Å². The number of aromatic amines is 1. The molecule has 0 aliphatic carbocycles. The van der Waals surface area contributed by atoms with Crippen molar-refractivity contribution in [1.29, 1.82) is 0 Å². The van der Waals surface area contributed by atoms with Crippen molar-refractivity contribution in [3.8, 4) is 11.5 Å². The molecule has 1 N–H and O–H groups in total. The lowest BCUT2D eigenvalue weighted by atomic mass is 10.0. The summed E-state index contributed by atoms with van der Waals surface area (Å²) in [6, 6.07) is 9.73. The number of nitrogens with zero attached hydrogens (tertiary/aromatic N) is 2. The van der Waals surface area contributed by atoms with Crippen molar-refractivity contribution < 1.29 is 4.74 Å². The van der Waals surface area contributed by atoms with E-state index >= 15 is 0 Å². The lowest BCUT2D eigenvalue weighted by molar-refractivity contribution is 0.484. The fraction of sp³-hybridized carbons (Fsp3) is 0.250. The standard InChI is InChI=1S/C16H17N3O2/c1-10(2)11-5-4-6-12(9-11)21-13-7-8-17-15-14(13)19(3)16(20)18-15/h4-10H,1-3H3,(H,17,18,20). The summed E-state index contributed by atoms with van der Waals surface area (Å²) in [7, 11) is 1.69. The van der Waals surface area contributed by atoms with E-state index in [2.05, 4.69) is 29.9 Å². The first-order valence-corrected chi connectivity index (χ1v) is 6.88. The van der Waals surface area contributed by atoms with Gasteiger partial charge in [-0.1, -0.05) is 26.0 Å². The van der Waals surface area contributed by atoms with Crippen LogP contribution < -0.4 is 10.4 Å². The van der Waals surface area contributed by atoms with Crippen LogP contribution in [0.1, 0.15) is 25.3 Å². The Labute approximate surface area is 122 Å². The number of aryl methyl sites for hydroxylation is 1. The molecular weight excluding hydrogens is 266 g/mol. The minimum absolute atomic E-state index is 0.204. The maximum atomic E-state index is 11.7. The molecule has 0 fully saturated rings. The fourth-order valence-corrected chi connectivity index (χ4v) is 2.29. The molecule has 108 valence electrons. The highest BCUT2D eigenvalue weighted by atomic mass is 16.5. The number of nitrogens with one attached hydrogen (secondary N) is 1. The van der Waals surface area contributed by atoms with Gasteiger partial charge in [0.2, 0.25) is 0 Å². The normalized spacial score (nSPS) is 11.2. The van der Waals surface area contributed by atoms with E-state index in [9.17, 15) is 4.79 Å². The zero-order valence-corrected chi connectivity index (χ0v) is 12.3. The van der Waals surface area contributed by atoms with Crippen LogP contribution in [0.3, 0.4) is 0 Å². The number of aromatic nitrogens is 3. The summed E-state index contributed by atoms with van der Waals surface area (Å²) < 4.78 is 7.46. The van der Waals surface area contributed by atoms with E-state index < -0.39 is 0 Å². The molecule has 3 rings (SSSR count). The van der Waals surface area contributed by atoms with Crippen LogP contribution >= 0.6 is 0 Å². The van der Waals surface area contributed by atoms with Gasteiger partial charge in [-0.25, -0.2) is 9.78 Å². The first-order valence-electron chi connectivity index (χ1n) is 6.88. The fourth-order valence-electron chi connectivity index (χ4n) is 2.29. The number of fused-ring (bicyclic) bond motifs is 1. The zero-order valence-electron chi connectivity index (χ0n) is 12.3. The summed E-state index contributed by atoms with van der Waals surface area (Å²) >= 11 is 0. The summed E-state index contributed by atoms with van der Waals surface area (Å²) in [5.41, 5.74) is 2.20. The maximum Gasteiger partial charge on any atom is 0.327 e. The van der Waals surface area contributed by atoms with E-state index in [0.29, 0.717) is 22.8 Å². The predicted octanol–water partition coefficient (Wildman–Crippen LogP) is 3.18. The van der Waals surface area contributed by atoms with E-state index in [0.717, 1.165) is 5.75 Å². The van der Waals surface area contributed by atoms with E-state index in [4.69, 9.17) is 4.74 Å². The molecule has 2 heterocycles. The average Bonchev–Trinajstić information content (AvgIpc) is 2.75. The number of H-pyrrole nitrogens is 1. The van der Waals surface area contributed by atoms with Crippen molar-refractivity contribution in [3.05, 3.63) is 52.6 Å². The first-order chi connectivity index (χ1) is 10.1. The van der Waals surface area contributed by atoms with Crippen LogP contribution in [0.2, 0.25) is 0 Å². The van der Waals surface area contributed by atoms with E-state index in [1.165, 1.54) is 10.1 Å². The minimum Gasteiger partial charge on any atom is -0.455 e. The first kappa shape index (κ1) is 13.4. The number of ether oxygens (including phenoxy) is 1. The highest BCUT2D eigenvalue weighted by molar-refractivity contribution is 5.78. The highest BCUT2D eigenvalue weighted by Crippen LogP contribution is 2.28. The molecule has 0 amide bonds. The molecule has 0 saturated heterocycles. The molecule has 0 saturated carbocycles. The third-order valence-corrected chi connectivity index (χ3v) is 3.51. The van der Waals surface area contributed by atoms with Crippen molar-refractivity contribution in [2.45, 2.75) is 19.8 Å². The molecular formula is C16H17N3O2. The van der Waals surface area contributed by atoms with Gasteiger partial charge >= 0.3 is 5.69 Å². The van der Waals surface area contributed by atoms with Gasteiger partial charge in [-0.05, 0) is 23.6 Å². The van der Waals surface area contributed by atoms with Crippen LogP contribution in [0, 0.1) is 0 Å². The Hall–Kier alpha value is -2.56. The van der Waals surface area contributed by atoms with Gasteiger partial charge in [0.25, 0.3) is 0 Å². The van der Waals surface area contributed by atoms with Crippen molar-refractivity contribution in [2.24, 2.45) is 7.05 Å². The third kappa shape index (κ3) is 2.42. The summed E-state index contributed by atoms with van der Waals surface area (Å²) in [6.07, 6.45) is 1.62. The number of pyridine rings is 1. The Balaban J connectivity index is 2.06. The number of rotatable bonds is 3. The Morgan fingerprint density at radius 3 is 2.86 bits per heavy atom. The third-order valence-electron chi connectivity index (χ3n) is 3.51. The molecule has 0 aliphatic heterocycles. The molecule has 1 aromatic carbocycles. The maximum absolute atomic E-state index is 11.7. The second-order valence-electron chi connectivity index (χ2n) is 5.32. The molecule has 0 bridgehead atoms. The Morgan fingerprint density at radius 1 is 1.29 bits per heavy atom. The summed E-state index contributed by atoms with van der Waals surface area (Å²) in [5.74, 6) is 1.80. The van der Waals surface area contributed by atoms with Crippen LogP contribution in [0.25, 0.3) is 11.2 Å². The number of hydrogen-bond donors (Lipinski definition) is 1. The van der Waals surface area contributed by atoms with Crippen molar-refractivity contribution in [2.75, 3.05) is 0 Å². The molecule has 0 spiro atoms. The SMILES string of the molecule is CC(C)c1cccc(Oc2ccnc3[nH]c(=O)n(C)c23)c1. The second kappa shape index (κ2) is 5.09. The lowest BCUT2D eigenvalue weighted by Crippen LogP contribution is -2.12. The topological polar surface area (TPSA) is 59.9 Å². The van der Waals surface area contributed by atoms with E-state index in [1.807, 2.05) is 18.2 Å². The summed E-state index contributed by atoms with van der Waals surface area (Å²) in [6.45, 7) is 4.28. The number of imidazole rings is 1. The van der Waals surface area contributed by atoms with Gasteiger partial charge in [-0.2, -0.15) is 0 Å². The van der Waals surface area contributed by atoms with Gasteiger partial charge in [-0.3, -0.25) is 9.55 Å². The summed E-state index contributed by atoms with van der Waals surface area (Å²) in [4.78, 5) is 18.6. The van der Waals surface area contributed by atoms with Gasteiger partial charge in [0.15, 0.2) is 11.4 Å². The van der Waals surface area contributed by atoms with Gasteiger partial charge in [0, 0.05) is 19.3 Å². The molecule has 5 nitrogen and oxygen atoms in total. The van der Waals surface area contributed by atoms with Crippen molar-refractivity contribution in [1.82, 2.24) is 14.5 Å². The lowest BCUT2D eigenvalue weighted by Gasteiger charge is -2.10. The van der Waals surface area contributed by atoms with Crippen LogP contribution in [-0.4, -0.2) is 14.5 Å². The number of benzene rings is 1. The Bertz CT molecular complexity index is 846. The van der Waals surface area contributed by atoms with Gasteiger partial charge in [0.1, 0.15) is 11.3 Å². The largest absolute Gasteiger partial charge is 0.455 e.